The van der Waals surface area contributed by atoms with Crippen LogP contribution in [0.1, 0.15) is 154 Å². The fraction of sp³-hybridized carbons (Fsp3) is 0.525. The van der Waals surface area contributed by atoms with Crippen LogP contribution in [-0.4, -0.2) is 91.8 Å². The number of hydrogen-bond acceptors (Lipinski definition) is 16. The van der Waals surface area contributed by atoms with Crippen molar-refractivity contribution < 1.29 is 85.0 Å². The Hall–Kier alpha value is -6.98. The van der Waals surface area contributed by atoms with E-state index >= 15 is 0 Å². The molecule has 0 N–H and O–H groups in total. The first kappa shape index (κ1) is 64.3. The highest BCUT2D eigenvalue weighted by Crippen LogP contribution is 2.42. The highest BCUT2D eigenvalue weighted by molar-refractivity contribution is 5.89. The summed E-state index contributed by atoms with van der Waals surface area (Å²) in [5.74, 6) is -10.1. The van der Waals surface area contributed by atoms with E-state index in [0.29, 0.717) is 12.8 Å². The van der Waals surface area contributed by atoms with Crippen molar-refractivity contribution >= 4 is 47.8 Å². The first-order valence-electron chi connectivity index (χ1n) is 26.2. The number of ether oxygens (including phenoxy) is 8. The number of rotatable bonds is 23. The third-order valence-corrected chi connectivity index (χ3v) is 13.0. The topological polar surface area (TPSA) is 210 Å². The molecule has 2 aromatic rings. The van der Waals surface area contributed by atoms with E-state index in [2.05, 4.69) is 35.8 Å². The zero-order valence-corrected chi connectivity index (χ0v) is 45.1. The van der Waals surface area contributed by atoms with Crippen LogP contribution in [0.3, 0.4) is 0 Å². The summed E-state index contributed by atoms with van der Waals surface area (Å²) in [6.45, 7) is 18.4. The maximum Gasteiger partial charge on any atom is 0.381 e. The van der Waals surface area contributed by atoms with E-state index in [4.69, 9.17) is 28.4 Å². The summed E-state index contributed by atoms with van der Waals surface area (Å²) in [5, 5.41) is 0. The molecule has 18 heteroatoms. The predicted molar refractivity (Wildman–Crippen MR) is 279 cm³/mol. The highest BCUT2D eigenvalue weighted by atomic mass is 19.3. The van der Waals surface area contributed by atoms with Gasteiger partial charge in [0.2, 0.25) is 0 Å². The van der Waals surface area contributed by atoms with Gasteiger partial charge >= 0.3 is 53.7 Å². The molecule has 0 bridgehead atoms. The Morgan fingerprint density at radius 1 is 0.532 bits per heavy atom. The van der Waals surface area contributed by atoms with Crippen molar-refractivity contribution in [3.05, 3.63) is 121 Å². The van der Waals surface area contributed by atoms with E-state index in [-0.39, 0.29) is 49.2 Å². The minimum Gasteiger partial charge on any atom is -0.462 e. The molecule has 422 valence electrons. The lowest BCUT2D eigenvalue weighted by Gasteiger charge is -2.37. The van der Waals surface area contributed by atoms with Crippen LogP contribution in [0.4, 0.5) is 8.78 Å². The van der Waals surface area contributed by atoms with Gasteiger partial charge in [-0.2, -0.15) is 8.78 Å². The number of alkyl halides is 2. The molecule has 1 atom stereocenters. The van der Waals surface area contributed by atoms with Gasteiger partial charge in [-0.25, -0.2) is 28.8 Å². The zero-order chi connectivity index (χ0) is 57.1. The molecule has 0 saturated heterocycles. The Morgan fingerprint density at radius 2 is 0.948 bits per heavy atom. The molecule has 77 heavy (non-hydrogen) atoms. The minimum absolute atomic E-state index is 0.0116. The van der Waals surface area contributed by atoms with Crippen molar-refractivity contribution in [2.75, 3.05) is 26.4 Å². The summed E-state index contributed by atoms with van der Waals surface area (Å²) in [6, 6.07) is 19.4. The Bertz CT molecular complexity index is 2340. The molecule has 16 nitrogen and oxygen atoms in total. The molecule has 3 fully saturated rings. The molecule has 0 radical (unpaired) electrons. The van der Waals surface area contributed by atoms with Gasteiger partial charge in [-0.05, 0) is 121 Å². The molecule has 0 aliphatic heterocycles. The normalized spacial score (nSPS) is 16.4. The van der Waals surface area contributed by atoms with Crippen molar-refractivity contribution in [1.82, 2.24) is 0 Å². The van der Waals surface area contributed by atoms with E-state index in [0.717, 1.165) is 94.6 Å². The third-order valence-electron chi connectivity index (χ3n) is 13.0. The minimum atomic E-state index is -3.92. The molecule has 1 unspecified atom stereocenters. The second kappa shape index (κ2) is 31.9. The third kappa shape index (κ3) is 21.2. The lowest BCUT2D eigenvalue weighted by Crippen LogP contribution is -2.49. The fourth-order valence-corrected chi connectivity index (χ4v) is 8.79. The quantitative estimate of drug-likeness (QED) is 0.0333. The van der Waals surface area contributed by atoms with Gasteiger partial charge in [0.25, 0.3) is 0 Å². The van der Waals surface area contributed by atoms with Gasteiger partial charge in [-0.1, -0.05) is 113 Å². The van der Waals surface area contributed by atoms with Gasteiger partial charge in [-0.15, -0.1) is 0 Å². The smallest absolute Gasteiger partial charge is 0.381 e. The summed E-state index contributed by atoms with van der Waals surface area (Å²) >= 11 is 0. The SMILES string of the molecule is C=C(C)C(=O)OCC(=O)OCC(=O)OC1(c2ccccc2)CCCCC1.C=C(C)C(=O)OCCOC(=O)CCC(=O)OC1(c2ccccc2)CCCCC1.C=CC1(OC(=O)C(F)(F)C(CC)OC(=O)C(=C)C)CCCCC1. The van der Waals surface area contributed by atoms with Gasteiger partial charge in [0.15, 0.2) is 19.3 Å². The largest absolute Gasteiger partial charge is 0.462 e. The van der Waals surface area contributed by atoms with Crippen LogP contribution < -0.4 is 0 Å². The molecule has 2 aromatic carbocycles. The van der Waals surface area contributed by atoms with Crippen LogP contribution in [0.5, 0.6) is 0 Å². The standard InChI is InChI=1S/C22H28O6.C20H24O6.C17H24F2O4/c1-17(2)21(25)27-16-15-26-19(23)11-12-20(24)28-22(13-7-4-8-14-22)18-9-5-3-6-10-18;1-15(2)19(23)25-13-17(21)24-14-18(22)26-20(11-7-4-8-12-20)16-9-5-3-6-10-16;1-5-13(22-14(20)12(3)4)17(18,19)15(21)23-16(6-2)10-8-7-9-11-16/h3,5-6,9-10H,1,4,7-8,11-16H2,2H3;3,5-6,9-10H,1,4,7-8,11-14H2,2H3;6,13H,2-3,5,7-11H2,1,4H3. The average molecular weight is 1080 g/mol. The summed E-state index contributed by atoms with van der Waals surface area (Å²) in [7, 11) is 0. The zero-order valence-electron chi connectivity index (χ0n) is 45.1. The molecular weight excluding hydrogens is 1000 g/mol. The Morgan fingerprint density at radius 3 is 1.40 bits per heavy atom. The van der Waals surface area contributed by atoms with Crippen molar-refractivity contribution in [3.8, 4) is 0 Å². The first-order chi connectivity index (χ1) is 36.5. The molecule has 3 aliphatic carbocycles. The second-order valence-electron chi connectivity index (χ2n) is 19.4. The van der Waals surface area contributed by atoms with Crippen LogP contribution in [0.2, 0.25) is 0 Å². The summed E-state index contributed by atoms with van der Waals surface area (Å²) in [5.41, 5.74) is 0.0767. The maximum atomic E-state index is 14.4. The Kier molecular flexibility index (Phi) is 26.7. The van der Waals surface area contributed by atoms with Crippen LogP contribution in [-0.2, 0) is 87.5 Å². The molecule has 0 spiro atoms. The number of benzene rings is 2. The number of halogens is 2. The first-order valence-corrected chi connectivity index (χ1v) is 26.2. The molecule has 5 rings (SSSR count). The van der Waals surface area contributed by atoms with E-state index in [1.165, 1.54) is 33.8 Å². The van der Waals surface area contributed by atoms with Crippen molar-refractivity contribution in [2.45, 2.75) is 172 Å². The van der Waals surface area contributed by atoms with Crippen LogP contribution in [0.15, 0.2) is 110 Å². The van der Waals surface area contributed by atoms with Gasteiger partial charge in [-0.3, -0.25) is 9.59 Å². The van der Waals surface area contributed by atoms with E-state index < -0.39 is 89.8 Å². The molecular formula is C59H76F2O16. The lowest BCUT2D eigenvalue weighted by molar-refractivity contribution is -0.207. The number of esters is 8. The summed E-state index contributed by atoms with van der Waals surface area (Å²) < 4.78 is 69.4. The Labute approximate surface area is 450 Å². The lowest BCUT2D eigenvalue weighted by atomic mass is 9.79. The van der Waals surface area contributed by atoms with Crippen LogP contribution in [0, 0.1) is 0 Å². The van der Waals surface area contributed by atoms with Crippen molar-refractivity contribution in [1.29, 1.82) is 0 Å². The monoisotopic (exact) mass is 1080 g/mol. The van der Waals surface area contributed by atoms with Crippen LogP contribution in [0.25, 0.3) is 0 Å². The van der Waals surface area contributed by atoms with Crippen molar-refractivity contribution in [3.63, 3.8) is 0 Å². The van der Waals surface area contributed by atoms with E-state index in [1.807, 2.05) is 60.7 Å². The Balaban J connectivity index is 0.000000306. The average Bonchev–Trinajstić information content (AvgIpc) is 3.42. The van der Waals surface area contributed by atoms with Gasteiger partial charge in [0.1, 0.15) is 30.0 Å². The predicted octanol–water partition coefficient (Wildman–Crippen LogP) is 10.8. The number of carbonyl (C=O) groups is 8. The van der Waals surface area contributed by atoms with Crippen molar-refractivity contribution in [2.24, 2.45) is 0 Å². The molecule has 3 saturated carbocycles. The van der Waals surface area contributed by atoms with Crippen LogP contribution >= 0.6 is 0 Å². The number of carbonyl (C=O) groups excluding carboxylic acids is 8. The second-order valence-corrected chi connectivity index (χ2v) is 19.4. The molecule has 0 heterocycles. The summed E-state index contributed by atoms with van der Waals surface area (Å²) in [6.07, 6.45) is 12.0. The fourth-order valence-electron chi connectivity index (χ4n) is 8.79. The molecule has 3 aliphatic rings. The molecule has 0 amide bonds. The molecule has 0 aromatic heterocycles. The maximum absolute atomic E-state index is 14.4. The highest BCUT2D eigenvalue weighted by Gasteiger charge is 2.53. The van der Waals surface area contributed by atoms with Gasteiger partial charge in [0.05, 0.1) is 12.8 Å². The van der Waals surface area contributed by atoms with E-state index in [9.17, 15) is 47.1 Å². The van der Waals surface area contributed by atoms with E-state index in [1.54, 1.807) is 0 Å². The number of hydrogen-bond donors (Lipinski definition) is 0. The summed E-state index contributed by atoms with van der Waals surface area (Å²) in [4.78, 5) is 93.9. The van der Waals surface area contributed by atoms with Gasteiger partial charge < -0.3 is 37.9 Å². The van der Waals surface area contributed by atoms with Gasteiger partial charge in [0, 0.05) is 16.7 Å².